The van der Waals surface area contributed by atoms with E-state index in [0.717, 1.165) is 19.8 Å². The Morgan fingerprint density at radius 2 is 1.92 bits per heavy atom. The van der Waals surface area contributed by atoms with Gasteiger partial charge < -0.3 is 5.32 Å². The van der Waals surface area contributed by atoms with Crippen molar-refractivity contribution in [2.24, 2.45) is 0 Å². The molecule has 0 saturated carbocycles. The average molecular weight is 176 g/mol. The van der Waals surface area contributed by atoms with Crippen LogP contribution in [0, 0.1) is 0 Å². The fourth-order valence-electron chi connectivity index (χ4n) is 1.22. The lowest BCUT2D eigenvalue weighted by atomic mass is 10.6. The molecule has 1 aliphatic rings. The highest BCUT2D eigenvalue weighted by atomic mass is 15.3. The smallest absolute Gasteiger partial charge is 0.223 e. The maximum absolute atomic E-state index is 4.07. The Kier molecular flexibility index (Phi) is 2.52. The highest BCUT2D eigenvalue weighted by Gasteiger charge is 2.04. The molecule has 0 amide bonds. The Balaban J connectivity index is 1.80. The molecule has 2 heterocycles. The molecule has 0 aromatic carbocycles. The minimum absolute atomic E-state index is 0.689. The van der Waals surface area contributed by atoms with E-state index in [-0.39, 0.29) is 0 Å². The number of hydrogen-bond donors (Lipinski definition) is 1. The molecule has 0 unspecified atom stereocenters. The Hall–Kier alpha value is -1.42. The molecule has 0 spiro atoms. The molecule has 1 N–H and O–H groups in total. The summed E-state index contributed by atoms with van der Waals surface area (Å²) in [6.07, 6.45) is 7.79. The van der Waals surface area contributed by atoms with Gasteiger partial charge in [-0.3, -0.25) is 4.90 Å². The SMILES string of the molecule is C1=CCN(CNc2ncccn2)C1. The van der Waals surface area contributed by atoms with E-state index in [1.165, 1.54) is 0 Å². The van der Waals surface area contributed by atoms with Crippen LogP contribution < -0.4 is 5.32 Å². The van der Waals surface area contributed by atoms with Crippen LogP contribution >= 0.6 is 0 Å². The summed E-state index contributed by atoms with van der Waals surface area (Å²) < 4.78 is 0. The Morgan fingerprint density at radius 3 is 2.62 bits per heavy atom. The van der Waals surface area contributed by atoms with Crippen molar-refractivity contribution in [1.29, 1.82) is 0 Å². The van der Waals surface area contributed by atoms with Gasteiger partial charge in [-0.15, -0.1) is 0 Å². The molecular formula is C9H12N4. The molecule has 68 valence electrons. The third kappa shape index (κ3) is 2.26. The van der Waals surface area contributed by atoms with Gasteiger partial charge in [-0.1, -0.05) is 12.2 Å². The summed E-state index contributed by atoms with van der Waals surface area (Å²) in [4.78, 5) is 10.4. The van der Waals surface area contributed by atoms with Crippen molar-refractivity contribution < 1.29 is 0 Å². The molecule has 0 fully saturated rings. The van der Waals surface area contributed by atoms with Crippen molar-refractivity contribution in [2.45, 2.75) is 0 Å². The van der Waals surface area contributed by atoms with E-state index < -0.39 is 0 Å². The number of rotatable bonds is 3. The zero-order valence-corrected chi connectivity index (χ0v) is 7.35. The average Bonchev–Trinajstić information content (AvgIpc) is 2.69. The molecule has 4 heteroatoms. The van der Waals surface area contributed by atoms with E-state index in [0.29, 0.717) is 5.95 Å². The van der Waals surface area contributed by atoms with Gasteiger partial charge in [0.05, 0.1) is 6.67 Å². The Morgan fingerprint density at radius 1 is 1.23 bits per heavy atom. The number of hydrogen-bond acceptors (Lipinski definition) is 4. The second-order valence-electron chi connectivity index (χ2n) is 2.91. The predicted octanol–water partition coefficient (Wildman–Crippen LogP) is 0.718. The van der Waals surface area contributed by atoms with Crippen LogP contribution in [0.4, 0.5) is 5.95 Å². The zero-order chi connectivity index (χ0) is 8.93. The molecule has 0 saturated heterocycles. The normalized spacial score (nSPS) is 16.3. The lowest BCUT2D eigenvalue weighted by Crippen LogP contribution is -2.27. The van der Waals surface area contributed by atoms with Crippen LogP contribution in [-0.4, -0.2) is 34.6 Å². The van der Waals surface area contributed by atoms with E-state index >= 15 is 0 Å². The quantitative estimate of drug-likeness (QED) is 0.689. The molecule has 1 aromatic heterocycles. The number of nitrogens with one attached hydrogen (secondary N) is 1. The number of nitrogens with zero attached hydrogens (tertiary/aromatic N) is 3. The van der Waals surface area contributed by atoms with Crippen molar-refractivity contribution in [3.8, 4) is 0 Å². The lowest BCUT2D eigenvalue weighted by molar-refractivity contribution is 0.378. The number of aromatic nitrogens is 2. The summed E-state index contributed by atoms with van der Waals surface area (Å²) in [5.41, 5.74) is 0. The monoisotopic (exact) mass is 176 g/mol. The van der Waals surface area contributed by atoms with Crippen LogP contribution in [0.5, 0.6) is 0 Å². The molecule has 0 bridgehead atoms. The Labute approximate surface area is 77.3 Å². The first-order chi connectivity index (χ1) is 6.45. The summed E-state index contributed by atoms with van der Waals surface area (Å²) in [6.45, 7) is 2.83. The molecule has 4 nitrogen and oxygen atoms in total. The van der Waals surface area contributed by atoms with Gasteiger partial charge in [0, 0.05) is 25.5 Å². The molecule has 1 aliphatic heterocycles. The molecule has 0 radical (unpaired) electrons. The van der Waals surface area contributed by atoms with Crippen LogP contribution in [0.2, 0.25) is 0 Å². The summed E-state index contributed by atoms with van der Waals surface area (Å²) >= 11 is 0. The van der Waals surface area contributed by atoms with E-state index in [1.54, 1.807) is 12.4 Å². The van der Waals surface area contributed by atoms with Crippen LogP contribution in [0.3, 0.4) is 0 Å². The van der Waals surface area contributed by atoms with E-state index in [2.05, 4.69) is 32.3 Å². The maximum atomic E-state index is 4.07. The fraction of sp³-hybridized carbons (Fsp3) is 0.333. The summed E-state index contributed by atoms with van der Waals surface area (Å²) in [6, 6.07) is 1.81. The highest BCUT2D eigenvalue weighted by Crippen LogP contribution is 1.99. The van der Waals surface area contributed by atoms with Gasteiger partial charge >= 0.3 is 0 Å². The lowest BCUT2D eigenvalue weighted by Gasteiger charge is -2.14. The first kappa shape index (κ1) is 8.19. The van der Waals surface area contributed by atoms with E-state index in [9.17, 15) is 0 Å². The fourth-order valence-corrected chi connectivity index (χ4v) is 1.22. The van der Waals surface area contributed by atoms with Gasteiger partial charge in [-0.25, -0.2) is 9.97 Å². The van der Waals surface area contributed by atoms with Gasteiger partial charge in [0.25, 0.3) is 0 Å². The maximum Gasteiger partial charge on any atom is 0.223 e. The van der Waals surface area contributed by atoms with Crippen LogP contribution in [-0.2, 0) is 0 Å². The van der Waals surface area contributed by atoms with Crippen molar-refractivity contribution in [1.82, 2.24) is 14.9 Å². The third-order valence-electron chi connectivity index (χ3n) is 1.92. The zero-order valence-electron chi connectivity index (χ0n) is 7.35. The van der Waals surface area contributed by atoms with Crippen molar-refractivity contribution >= 4 is 5.95 Å². The van der Waals surface area contributed by atoms with Crippen LogP contribution in [0.15, 0.2) is 30.6 Å². The molecule has 0 aliphatic carbocycles. The largest absolute Gasteiger partial charge is 0.341 e. The minimum atomic E-state index is 0.689. The van der Waals surface area contributed by atoms with E-state index in [1.807, 2.05) is 6.07 Å². The van der Waals surface area contributed by atoms with Crippen molar-refractivity contribution in [3.63, 3.8) is 0 Å². The van der Waals surface area contributed by atoms with Crippen LogP contribution in [0.1, 0.15) is 0 Å². The van der Waals surface area contributed by atoms with Crippen LogP contribution in [0.25, 0.3) is 0 Å². The first-order valence-electron chi connectivity index (χ1n) is 4.33. The standard InChI is InChI=1S/C9H12N4/c1-2-7-13(6-1)8-12-9-10-4-3-5-11-9/h1-5H,6-8H2,(H,10,11,12). The molecule has 2 rings (SSSR count). The molecular weight excluding hydrogens is 164 g/mol. The summed E-state index contributed by atoms with van der Waals surface area (Å²) in [7, 11) is 0. The van der Waals surface area contributed by atoms with Gasteiger partial charge in [0.1, 0.15) is 0 Å². The first-order valence-corrected chi connectivity index (χ1v) is 4.33. The van der Waals surface area contributed by atoms with Gasteiger partial charge in [-0.2, -0.15) is 0 Å². The third-order valence-corrected chi connectivity index (χ3v) is 1.92. The topological polar surface area (TPSA) is 41.0 Å². The molecule has 1 aromatic rings. The second kappa shape index (κ2) is 4.00. The number of anilines is 1. The van der Waals surface area contributed by atoms with E-state index in [4.69, 9.17) is 0 Å². The Bertz CT molecular complexity index is 275. The summed E-state index contributed by atoms with van der Waals surface area (Å²) in [5, 5.41) is 3.15. The molecule has 13 heavy (non-hydrogen) atoms. The summed E-state index contributed by atoms with van der Waals surface area (Å²) in [5.74, 6) is 0.689. The van der Waals surface area contributed by atoms with Gasteiger partial charge in [0.2, 0.25) is 5.95 Å². The van der Waals surface area contributed by atoms with Crippen molar-refractivity contribution in [2.75, 3.05) is 25.1 Å². The predicted molar refractivity (Wildman–Crippen MR) is 51.2 cm³/mol. The van der Waals surface area contributed by atoms with Gasteiger partial charge in [-0.05, 0) is 6.07 Å². The highest BCUT2D eigenvalue weighted by molar-refractivity contribution is 5.21. The second-order valence-corrected chi connectivity index (χ2v) is 2.91. The van der Waals surface area contributed by atoms with Gasteiger partial charge in [0.15, 0.2) is 0 Å². The molecule has 0 atom stereocenters. The van der Waals surface area contributed by atoms with Crippen molar-refractivity contribution in [3.05, 3.63) is 30.6 Å². The minimum Gasteiger partial charge on any atom is -0.341 e.